The minimum Gasteiger partial charge on any atom is -0.381 e. The van der Waals surface area contributed by atoms with E-state index in [0.29, 0.717) is 0 Å². The zero-order chi connectivity index (χ0) is 19.7. The molecule has 0 spiro atoms. The van der Waals surface area contributed by atoms with E-state index in [2.05, 4.69) is 57.8 Å². The van der Waals surface area contributed by atoms with E-state index < -0.39 is 0 Å². The van der Waals surface area contributed by atoms with Crippen LogP contribution in [0.15, 0.2) is 35.3 Å². The van der Waals surface area contributed by atoms with Crippen LogP contribution < -0.4 is 10.6 Å². The Morgan fingerprint density at radius 3 is 2.48 bits per heavy atom. The van der Waals surface area contributed by atoms with Crippen LogP contribution in [-0.4, -0.2) is 63.8 Å². The van der Waals surface area contributed by atoms with E-state index in [-0.39, 0.29) is 29.4 Å². The topological polar surface area (TPSA) is 48.9 Å². The second kappa shape index (κ2) is 12.7. The van der Waals surface area contributed by atoms with Crippen LogP contribution in [-0.2, 0) is 10.2 Å². The van der Waals surface area contributed by atoms with Crippen LogP contribution in [0.4, 0.5) is 0 Å². The first-order chi connectivity index (χ1) is 13.7. The molecule has 6 heteroatoms. The fourth-order valence-electron chi connectivity index (χ4n) is 4.39. The van der Waals surface area contributed by atoms with E-state index in [9.17, 15) is 0 Å². The van der Waals surface area contributed by atoms with Crippen molar-refractivity contribution in [2.24, 2.45) is 10.9 Å². The molecule has 0 atom stereocenters. The lowest BCUT2D eigenvalue weighted by molar-refractivity contribution is 0.0514. The third-order valence-corrected chi connectivity index (χ3v) is 6.47. The predicted molar refractivity (Wildman–Crippen MR) is 132 cm³/mol. The summed E-state index contributed by atoms with van der Waals surface area (Å²) < 4.78 is 5.64. The van der Waals surface area contributed by atoms with Gasteiger partial charge in [0.25, 0.3) is 0 Å². The third-order valence-electron chi connectivity index (χ3n) is 6.47. The number of guanidine groups is 1. The van der Waals surface area contributed by atoms with Gasteiger partial charge in [-0.05, 0) is 63.2 Å². The summed E-state index contributed by atoms with van der Waals surface area (Å²) in [5.74, 6) is 1.81. The Hall–Kier alpha value is -0.860. The average Bonchev–Trinajstić information content (AvgIpc) is 2.76. The van der Waals surface area contributed by atoms with Gasteiger partial charge in [0.1, 0.15) is 0 Å². The molecule has 2 N–H and O–H groups in total. The number of rotatable bonds is 7. The van der Waals surface area contributed by atoms with Crippen molar-refractivity contribution in [1.82, 2.24) is 15.5 Å². The second-order valence-electron chi connectivity index (χ2n) is 8.49. The van der Waals surface area contributed by atoms with Gasteiger partial charge in [0.15, 0.2) is 5.96 Å². The Labute approximate surface area is 194 Å². The van der Waals surface area contributed by atoms with E-state index >= 15 is 0 Å². The maximum atomic E-state index is 5.64. The van der Waals surface area contributed by atoms with Crippen LogP contribution in [0.25, 0.3) is 0 Å². The summed E-state index contributed by atoms with van der Waals surface area (Å²) in [6.45, 7) is 9.59. The van der Waals surface area contributed by atoms with Crippen molar-refractivity contribution in [1.29, 1.82) is 0 Å². The lowest BCUT2D eigenvalue weighted by Crippen LogP contribution is -2.48. The van der Waals surface area contributed by atoms with E-state index in [1.165, 1.54) is 38.0 Å². The smallest absolute Gasteiger partial charge is 0.191 e. The zero-order valence-corrected chi connectivity index (χ0v) is 20.5. The minimum absolute atomic E-state index is 0. The highest BCUT2D eigenvalue weighted by atomic mass is 127. The molecule has 2 fully saturated rings. The Balaban J connectivity index is 0.00000300. The van der Waals surface area contributed by atoms with E-state index in [4.69, 9.17) is 4.74 Å². The number of likely N-dealkylation sites (tertiary alicyclic amines) is 1. The molecule has 0 aliphatic carbocycles. The van der Waals surface area contributed by atoms with Crippen molar-refractivity contribution in [3.8, 4) is 0 Å². The largest absolute Gasteiger partial charge is 0.381 e. The summed E-state index contributed by atoms with van der Waals surface area (Å²) in [5, 5.41) is 7.10. The average molecular weight is 514 g/mol. The van der Waals surface area contributed by atoms with Gasteiger partial charge in [0.05, 0.1) is 0 Å². The Morgan fingerprint density at radius 2 is 1.83 bits per heavy atom. The minimum atomic E-state index is 0. The monoisotopic (exact) mass is 514 g/mol. The summed E-state index contributed by atoms with van der Waals surface area (Å²) in [6.07, 6.45) is 5.96. The molecule has 5 nitrogen and oxygen atoms in total. The molecular formula is C23H39IN4O. The first kappa shape index (κ1) is 24.4. The standard InChI is InChI=1S/C23H38N4O.HI/c1-20-9-15-27(16-10-20)14-6-13-25-22(24-2)26-19-23(11-17-28-18-12-23)21-7-4-3-5-8-21;/h3-5,7-8,20H,6,9-19H2,1-2H3,(H2,24,25,26);1H. The van der Waals surface area contributed by atoms with Gasteiger partial charge >= 0.3 is 0 Å². The fourth-order valence-corrected chi connectivity index (χ4v) is 4.39. The quantitative estimate of drug-likeness (QED) is 0.253. The van der Waals surface area contributed by atoms with Crippen molar-refractivity contribution in [3.05, 3.63) is 35.9 Å². The van der Waals surface area contributed by atoms with Crippen molar-refractivity contribution in [2.75, 3.05) is 53.0 Å². The number of halogens is 1. The molecule has 2 heterocycles. The second-order valence-corrected chi connectivity index (χ2v) is 8.49. The van der Waals surface area contributed by atoms with E-state index in [1.54, 1.807) is 0 Å². The molecule has 0 unspecified atom stereocenters. The van der Waals surface area contributed by atoms with Gasteiger partial charge in [0, 0.05) is 38.8 Å². The van der Waals surface area contributed by atoms with Crippen LogP contribution in [0.3, 0.4) is 0 Å². The first-order valence-electron chi connectivity index (χ1n) is 11.0. The zero-order valence-electron chi connectivity index (χ0n) is 18.2. The number of ether oxygens (including phenoxy) is 1. The molecule has 29 heavy (non-hydrogen) atoms. The van der Waals surface area contributed by atoms with Gasteiger partial charge in [-0.25, -0.2) is 0 Å². The molecule has 3 rings (SSSR count). The number of benzene rings is 1. The van der Waals surface area contributed by atoms with Gasteiger partial charge in [-0.15, -0.1) is 24.0 Å². The van der Waals surface area contributed by atoms with Crippen LogP contribution in [0.1, 0.15) is 44.6 Å². The SMILES string of the molecule is CN=C(NCCCN1CCC(C)CC1)NCC1(c2ccccc2)CCOCC1.I. The molecule has 164 valence electrons. The van der Waals surface area contributed by atoms with Crippen LogP contribution in [0.2, 0.25) is 0 Å². The summed E-state index contributed by atoms with van der Waals surface area (Å²) in [7, 11) is 1.86. The molecule has 2 aliphatic rings. The van der Waals surface area contributed by atoms with E-state index in [1.807, 2.05) is 7.05 Å². The molecular weight excluding hydrogens is 475 g/mol. The highest BCUT2D eigenvalue weighted by Gasteiger charge is 2.34. The van der Waals surface area contributed by atoms with Crippen LogP contribution in [0, 0.1) is 5.92 Å². The molecule has 1 aromatic carbocycles. The van der Waals surface area contributed by atoms with Crippen molar-refractivity contribution in [2.45, 2.75) is 44.4 Å². The predicted octanol–water partition coefficient (Wildman–Crippen LogP) is 3.64. The fraction of sp³-hybridized carbons (Fsp3) is 0.696. The molecule has 0 saturated carbocycles. The molecule has 0 bridgehead atoms. The van der Waals surface area contributed by atoms with Gasteiger partial charge in [-0.1, -0.05) is 37.3 Å². The van der Waals surface area contributed by atoms with Crippen molar-refractivity contribution >= 4 is 29.9 Å². The molecule has 0 aromatic heterocycles. The first-order valence-corrected chi connectivity index (χ1v) is 11.0. The maximum absolute atomic E-state index is 5.64. The summed E-state index contributed by atoms with van der Waals surface area (Å²) >= 11 is 0. The van der Waals surface area contributed by atoms with Gasteiger partial charge < -0.3 is 20.3 Å². The Kier molecular flexibility index (Phi) is 10.7. The van der Waals surface area contributed by atoms with Gasteiger partial charge in [0.2, 0.25) is 0 Å². The number of piperidine rings is 1. The molecule has 0 radical (unpaired) electrons. The number of hydrogen-bond acceptors (Lipinski definition) is 3. The molecule has 1 aromatic rings. The lowest BCUT2D eigenvalue weighted by atomic mass is 9.74. The number of nitrogens with zero attached hydrogens (tertiary/aromatic N) is 2. The summed E-state index contributed by atoms with van der Waals surface area (Å²) in [6, 6.07) is 10.9. The third kappa shape index (κ3) is 7.40. The van der Waals surface area contributed by atoms with Crippen LogP contribution in [0.5, 0.6) is 0 Å². The molecule has 2 aliphatic heterocycles. The lowest BCUT2D eigenvalue weighted by Gasteiger charge is -2.38. The highest BCUT2D eigenvalue weighted by molar-refractivity contribution is 14.0. The molecule has 0 amide bonds. The van der Waals surface area contributed by atoms with Gasteiger partial charge in [-0.3, -0.25) is 4.99 Å². The van der Waals surface area contributed by atoms with Gasteiger partial charge in [-0.2, -0.15) is 0 Å². The van der Waals surface area contributed by atoms with Crippen molar-refractivity contribution in [3.63, 3.8) is 0 Å². The highest BCUT2D eigenvalue weighted by Crippen LogP contribution is 2.34. The Morgan fingerprint density at radius 1 is 1.14 bits per heavy atom. The maximum Gasteiger partial charge on any atom is 0.191 e. The summed E-state index contributed by atoms with van der Waals surface area (Å²) in [4.78, 5) is 7.04. The van der Waals surface area contributed by atoms with Crippen LogP contribution >= 0.6 is 24.0 Å². The van der Waals surface area contributed by atoms with E-state index in [0.717, 1.165) is 57.4 Å². The Bertz CT molecular complexity index is 596. The normalized spacial score (nSPS) is 20.7. The van der Waals surface area contributed by atoms with Crippen molar-refractivity contribution < 1.29 is 4.74 Å². The number of aliphatic imine (C=N–C) groups is 1. The summed E-state index contributed by atoms with van der Waals surface area (Å²) in [5.41, 5.74) is 1.53. The number of nitrogens with one attached hydrogen (secondary N) is 2. The number of hydrogen-bond donors (Lipinski definition) is 2. The molecule has 2 saturated heterocycles.